The maximum Gasteiger partial charge on any atom is 0.339 e. The van der Waals surface area contributed by atoms with Crippen LogP contribution in [0.25, 0.3) is 0 Å². The molecule has 16 heavy (non-hydrogen) atoms. The Balaban J connectivity index is 3.04. The fourth-order valence-electron chi connectivity index (χ4n) is 1.43. The Kier molecular flexibility index (Phi) is 3.31. The van der Waals surface area contributed by atoms with Gasteiger partial charge < -0.3 is 10.0 Å². The Bertz CT molecular complexity index is 435. The fourth-order valence-corrected chi connectivity index (χ4v) is 1.43. The van der Waals surface area contributed by atoms with E-state index in [-0.39, 0.29) is 18.0 Å². The Labute approximate surface area is 93.5 Å². The molecule has 1 amide bonds. The highest BCUT2D eigenvalue weighted by Gasteiger charge is 2.19. The normalized spacial score (nSPS) is 10.2. The molecule has 0 saturated heterocycles. The van der Waals surface area contributed by atoms with Crippen LogP contribution in [0.4, 0.5) is 0 Å². The van der Waals surface area contributed by atoms with Crippen molar-refractivity contribution in [3.63, 3.8) is 0 Å². The monoisotopic (exact) mass is 225 g/mol. The number of nitrogens with zero attached hydrogens (tertiary/aromatic N) is 3. The predicted molar refractivity (Wildman–Crippen MR) is 57.4 cm³/mol. The zero-order valence-corrected chi connectivity index (χ0v) is 9.81. The lowest BCUT2D eigenvalue weighted by molar-refractivity contribution is -0.129. The van der Waals surface area contributed by atoms with Gasteiger partial charge in [0, 0.05) is 14.1 Å². The average molecular weight is 225 g/mol. The van der Waals surface area contributed by atoms with E-state index in [1.54, 1.807) is 27.9 Å². The van der Waals surface area contributed by atoms with E-state index < -0.39 is 5.97 Å². The summed E-state index contributed by atoms with van der Waals surface area (Å²) in [4.78, 5) is 23.8. The first kappa shape index (κ1) is 12.2. The van der Waals surface area contributed by atoms with E-state index in [2.05, 4.69) is 5.10 Å². The van der Waals surface area contributed by atoms with Crippen molar-refractivity contribution in [3.8, 4) is 0 Å². The van der Waals surface area contributed by atoms with E-state index in [0.29, 0.717) is 11.4 Å². The molecule has 6 heteroatoms. The van der Waals surface area contributed by atoms with E-state index in [4.69, 9.17) is 5.11 Å². The van der Waals surface area contributed by atoms with Crippen molar-refractivity contribution in [2.24, 2.45) is 0 Å². The van der Waals surface area contributed by atoms with Crippen LogP contribution in [0.3, 0.4) is 0 Å². The maximum absolute atomic E-state index is 11.5. The summed E-state index contributed by atoms with van der Waals surface area (Å²) in [7, 11) is 3.29. The smallest absolute Gasteiger partial charge is 0.339 e. The molecule has 0 bridgehead atoms. The first-order valence-electron chi connectivity index (χ1n) is 4.82. The Morgan fingerprint density at radius 1 is 1.38 bits per heavy atom. The fraction of sp³-hybridized carbons (Fsp3) is 0.500. The minimum absolute atomic E-state index is 0.0625. The number of aromatic carboxylic acids is 1. The maximum atomic E-state index is 11.5. The first-order chi connectivity index (χ1) is 7.34. The van der Waals surface area contributed by atoms with Crippen molar-refractivity contribution < 1.29 is 14.7 Å². The molecule has 0 aliphatic carbocycles. The molecule has 0 aromatic carbocycles. The number of carboxylic acids is 1. The van der Waals surface area contributed by atoms with E-state index >= 15 is 0 Å². The minimum Gasteiger partial charge on any atom is -0.478 e. The SMILES string of the molecule is Cc1nn(CC(=O)N(C)C)c(C)c1C(=O)O. The lowest BCUT2D eigenvalue weighted by Gasteiger charge is -2.10. The van der Waals surface area contributed by atoms with Crippen LogP contribution in [0.5, 0.6) is 0 Å². The number of amides is 1. The van der Waals surface area contributed by atoms with Gasteiger partial charge in [0.15, 0.2) is 0 Å². The van der Waals surface area contributed by atoms with Crippen LogP contribution in [0, 0.1) is 13.8 Å². The van der Waals surface area contributed by atoms with Crippen molar-refractivity contribution in [1.82, 2.24) is 14.7 Å². The van der Waals surface area contributed by atoms with Gasteiger partial charge in [0.25, 0.3) is 0 Å². The second kappa shape index (κ2) is 4.34. The van der Waals surface area contributed by atoms with Gasteiger partial charge in [0.2, 0.25) is 5.91 Å². The highest BCUT2D eigenvalue weighted by molar-refractivity contribution is 5.90. The van der Waals surface area contributed by atoms with Crippen LogP contribution < -0.4 is 0 Å². The third-order valence-electron chi connectivity index (χ3n) is 2.38. The van der Waals surface area contributed by atoms with E-state index in [9.17, 15) is 9.59 Å². The van der Waals surface area contributed by atoms with Gasteiger partial charge in [-0.25, -0.2) is 4.79 Å². The average Bonchev–Trinajstić information content (AvgIpc) is 2.41. The van der Waals surface area contributed by atoms with Gasteiger partial charge >= 0.3 is 5.97 Å². The van der Waals surface area contributed by atoms with Crippen LogP contribution in [-0.4, -0.2) is 45.8 Å². The summed E-state index contributed by atoms with van der Waals surface area (Å²) in [6, 6.07) is 0. The quantitative estimate of drug-likeness (QED) is 0.802. The molecule has 6 nitrogen and oxygen atoms in total. The van der Waals surface area contributed by atoms with Crippen molar-refractivity contribution in [3.05, 3.63) is 17.0 Å². The molecule has 0 aliphatic rings. The standard InChI is InChI=1S/C10H15N3O3/c1-6-9(10(15)16)7(2)13(11-6)5-8(14)12(3)4/h5H2,1-4H3,(H,15,16). The summed E-state index contributed by atoms with van der Waals surface area (Å²) in [5, 5.41) is 13.0. The molecular formula is C10H15N3O3. The molecule has 0 fully saturated rings. The van der Waals surface area contributed by atoms with Crippen molar-refractivity contribution in [2.45, 2.75) is 20.4 Å². The Morgan fingerprint density at radius 3 is 2.31 bits per heavy atom. The van der Waals surface area contributed by atoms with Crippen LogP contribution in [0.2, 0.25) is 0 Å². The molecule has 1 heterocycles. The summed E-state index contributed by atoms with van der Waals surface area (Å²) < 4.78 is 1.42. The second-order valence-corrected chi connectivity index (χ2v) is 3.80. The van der Waals surface area contributed by atoms with E-state index in [1.165, 1.54) is 9.58 Å². The highest BCUT2D eigenvalue weighted by atomic mass is 16.4. The van der Waals surface area contributed by atoms with Crippen LogP contribution in [0.1, 0.15) is 21.7 Å². The van der Waals surface area contributed by atoms with Gasteiger partial charge in [-0.2, -0.15) is 5.10 Å². The van der Waals surface area contributed by atoms with Gasteiger partial charge in [-0.15, -0.1) is 0 Å². The summed E-state index contributed by atoms with van der Waals surface area (Å²) in [6.07, 6.45) is 0. The molecular weight excluding hydrogens is 210 g/mol. The van der Waals surface area contributed by atoms with Crippen molar-refractivity contribution >= 4 is 11.9 Å². The second-order valence-electron chi connectivity index (χ2n) is 3.80. The summed E-state index contributed by atoms with van der Waals surface area (Å²) in [6.45, 7) is 3.33. The first-order valence-corrected chi connectivity index (χ1v) is 4.82. The number of carbonyl (C=O) groups is 2. The molecule has 0 unspecified atom stereocenters. The topological polar surface area (TPSA) is 75.4 Å². The number of aromatic nitrogens is 2. The number of hydrogen-bond acceptors (Lipinski definition) is 3. The van der Waals surface area contributed by atoms with Gasteiger partial charge in [-0.1, -0.05) is 0 Å². The van der Waals surface area contributed by atoms with E-state index in [1.807, 2.05) is 0 Å². The largest absolute Gasteiger partial charge is 0.478 e. The third kappa shape index (κ3) is 2.21. The molecule has 1 aromatic heterocycles. The predicted octanol–water partition coefficient (Wildman–Crippen LogP) is 0.286. The van der Waals surface area contributed by atoms with Crippen LogP contribution in [0.15, 0.2) is 0 Å². The molecule has 1 aromatic rings. The van der Waals surface area contributed by atoms with Gasteiger partial charge in [0.05, 0.1) is 11.4 Å². The summed E-state index contributed by atoms with van der Waals surface area (Å²) in [5.74, 6) is -1.14. The number of carboxylic acid groups (broad SMARTS) is 1. The molecule has 1 N–H and O–H groups in total. The zero-order valence-electron chi connectivity index (χ0n) is 9.81. The Morgan fingerprint density at radius 2 is 1.94 bits per heavy atom. The lowest BCUT2D eigenvalue weighted by Crippen LogP contribution is -2.27. The summed E-state index contributed by atoms with van der Waals surface area (Å²) >= 11 is 0. The molecule has 1 rings (SSSR count). The third-order valence-corrected chi connectivity index (χ3v) is 2.38. The number of carbonyl (C=O) groups excluding carboxylic acids is 1. The number of likely N-dealkylation sites (N-methyl/N-ethyl adjacent to an activating group) is 1. The van der Waals surface area contributed by atoms with Gasteiger partial charge in [-0.05, 0) is 13.8 Å². The molecule has 88 valence electrons. The van der Waals surface area contributed by atoms with Crippen molar-refractivity contribution in [2.75, 3.05) is 14.1 Å². The van der Waals surface area contributed by atoms with E-state index in [0.717, 1.165) is 0 Å². The zero-order chi connectivity index (χ0) is 12.5. The molecule has 0 saturated carbocycles. The number of aryl methyl sites for hydroxylation is 1. The molecule has 0 radical (unpaired) electrons. The summed E-state index contributed by atoms with van der Waals surface area (Å²) in [5.41, 5.74) is 1.10. The van der Waals surface area contributed by atoms with Gasteiger partial charge in [0.1, 0.15) is 12.1 Å². The van der Waals surface area contributed by atoms with Crippen LogP contribution >= 0.6 is 0 Å². The molecule has 0 atom stereocenters. The Hall–Kier alpha value is -1.85. The minimum atomic E-state index is -1.02. The van der Waals surface area contributed by atoms with Crippen molar-refractivity contribution in [1.29, 1.82) is 0 Å². The molecule has 0 aliphatic heterocycles. The lowest BCUT2D eigenvalue weighted by atomic mass is 10.2. The van der Waals surface area contributed by atoms with Crippen LogP contribution in [-0.2, 0) is 11.3 Å². The number of hydrogen-bond donors (Lipinski definition) is 1. The molecule has 0 spiro atoms. The highest BCUT2D eigenvalue weighted by Crippen LogP contribution is 2.12. The van der Waals surface area contributed by atoms with Gasteiger partial charge in [-0.3, -0.25) is 9.48 Å². The number of rotatable bonds is 3.